The lowest BCUT2D eigenvalue weighted by molar-refractivity contribution is 0.415. The lowest BCUT2D eigenvalue weighted by atomic mass is 9.97. The minimum atomic E-state index is 0.520. The van der Waals surface area contributed by atoms with E-state index in [0.717, 1.165) is 12.5 Å². The van der Waals surface area contributed by atoms with Gasteiger partial charge in [-0.3, -0.25) is 0 Å². The summed E-state index contributed by atoms with van der Waals surface area (Å²) in [4.78, 5) is 1.45. The zero-order valence-electron chi connectivity index (χ0n) is 11.1. The molecule has 1 fully saturated rings. The lowest BCUT2D eigenvalue weighted by Crippen LogP contribution is -2.25. The normalized spacial score (nSPS) is 23.7. The highest BCUT2D eigenvalue weighted by molar-refractivity contribution is 9.11. The van der Waals surface area contributed by atoms with E-state index in [4.69, 9.17) is 0 Å². The summed E-state index contributed by atoms with van der Waals surface area (Å²) in [6.07, 6.45) is 2.55. The Morgan fingerprint density at radius 1 is 1.59 bits per heavy atom. The molecule has 2 rings (SSSR count). The number of hydrogen-bond donors (Lipinski definition) is 1. The van der Waals surface area contributed by atoms with Gasteiger partial charge in [-0.25, -0.2) is 0 Å². The molecule has 1 aromatic heterocycles. The average molecular weight is 316 g/mol. The molecule has 0 aliphatic heterocycles. The molecule has 1 aliphatic carbocycles. The van der Waals surface area contributed by atoms with Crippen molar-refractivity contribution in [3.05, 3.63) is 20.3 Å². The molecule has 0 amide bonds. The van der Waals surface area contributed by atoms with Gasteiger partial charge in [-0.05, 0) is 65.2 Å². The number of rotatable bonds is 5. The number of halogens is 1. The highest BCUT2D eigenvalue weighted by Gasteiger charge is 2.50. The highest BCUT2D eigenvalue weighted by Crippen LogP contribution is 2.58. The van der Waals surface area contributed by atoms with E-state index >= 15 is 0 Å². The fourth-order valence-corrected chi connectivity index (χ4v) is 4.37. The van der Waals surface area contributed by atoms with Crippen LogP contribution in [0.3, 0.4) is 0 Å². The molecule has 0 spiro atoms. The maximum Gasteiger partial charge on any atom is 0.0704 e. The molecule has 0 saturated heterocycles. The van der Waals surface area contributed by atoms with E-state index in [9.17, 15) is 0 Å². The van der Waals surface area contributed by atoms with Gasteiger partial charge in [0.2, 0.25) is 0 Å². The molecule has 2 atom stereocenters. The van der Waals surface area contributed by atoms with Crippen LogP contribution >= 0.6 is 27.3 Å². The van der Waals surface area contributed by atoms with Crippen LogP contribution in [0.2, 0.25) is 0 Å². The van der Waals surface area contributed by atoms with Crippen molar-refractivity contribution < 1.29 is 0 Å². The predicted molar refractivity (Wildman–Crippen MR) is 79.7 cm³/mol. The van der Waals surface area contributed by atoms with Crippen LogP contribution < -0.4 is 5.32 Å². The summed E-state index contributed by atoms with van der Waals surface area (Å²) in [6, 6.07) is 2.86. The zero-order valence-corrected chi connectivity index (χ0v) is 13.5. The van der Waals surface area contributed by atoms with Crippen LogP contribution in [0.4, 0.5) is 0 Å². The average Bonchev–Trinajstić information content (AvgIpc) is 2.72. The van der Waals surface area contributed by atoms with Crippen molar-refractivity contribution in [3.63, 3.8) is 0 Å². The van der Waals surface area contributed by atoms with Gasteiger partial charge in [-0.1, -0.05) is 20.8 Å². The van der Waals surface area contributed by atoms with Crippen molar-refractivity contribution in [3.8, 4) is 0 Å². The van der Waals surface area contributed by atoms with Crippen molar-refractivity contribution >= 4 is 27.3 Å². The lowest BCUT2D eigenvalue weighted by Gasteiger charge is -2.20. The minimum absolute atomic E-state index is 0.520. The molecular formula is C14H22BrNS. The molecule has 1 aromatic rings. The van der Waals surface area contributed by atoms with E-state index in [1.165, 1.54) is 27.1 Å². The van der Waals surface area contributed by atoms with E-state index in [2.05, 4.69) is 55.0 Å². The van der Waals surface area contributed by atoms with Gasteiger partial charge in [0, 0.05) is 10.9 Å². The maximum absolute atomic E-state index is 3.74. The maximum atomic E-state index is 3.74. The van der Waals surface area contributed by atoms with Crippen molar-refractivity contribution in [2.45, 2.75) is 46.6 Å². The molecule has 1 nitrogen and oxygen atoms in total. The number of hydrogen-bond acceptors (Lipinski definition) is 2. The van der Waals surface area contributed by atoms with Crippen molar-refractivity contribution in [2.75, 3.05) is 6.54 Å². The van der Waals surface area contributed by atoms with Gasteiger partial charge in [0.05, 0.1) is 3.79 Å². The van der Waals surface area contributed by atoms with Crippen LogP contribution in [0.25, 0.3) is 0 Å². The molecule has 0 radical (unpaired) electrons. The Hall–Kier alpha value is 0.140. The Morgan fingerprint density at radius 3 is 2.65 bits per heavy atom. The quantitative estimate of drug-likeness (QED) is 0.814. The fourth-order valence-electron chi connectivity index (χ4n) is 2.61. The van der Waals surface area contributed by atoms with Crippen LogP contribution in [0.15, 0.2) is 9.85 Å². The van der Waals surface area contributed by atoms with Crippen LogP contribution in [-0.2, 0) is 0 Å². The minimum Gasteiger partial charge on any atom is -0.310 e. The van der Waals surface area contributed by atoms with Crippen molar-refractivity contribution in [2.24, 2.45) is 11.3 Å². The number of nitrogens with one attached hydrogen (secondary N) is 1. The first kappa shape index (κ1) is 13.6. The summed E-state index contributed by atoms with van der Waals surface area (Å²) in [5.74, 6) is 0.800. The third kappa shape index (κ3) is 2.94. The Labute approximate surface area is 117 Å². The van der Waals surface area contributed by atoms with Crippen LogP contribution in [0.1, 0.15) is 50.1 Å². The standard InChI is InChI=1S/C14H22BrNS/c1-5-6-16-13(11-8-14(11,3)4)10-7-12(15)17-9(10)2/h7,11,13,16H,5-6,8H2,1-4H3. The topological polar surface area (TPSA) is 12.0 Å². The van der Waals surface area contributed by atoms with Gasteiger partial charge >= 0.3 is 0 Å². The SMILES string of the molecule is CCCNC(c1cc(Br)sc1C)C1CC1(C)C. The largest absolute Gasteiger partial charge is 0.310 e. The third-order valence-electron chi connectivity index (χ3n) is 3.87. The van der Waals surface area contributed by atoms with Crippen LogP contribution in [-0.4, -0.2) is 6.54 Å². The molecule has 17 heavy (non-hydrogen) atoms. The van der Waals surface area contributed by atoms with Gasteiger partial charge < -0.3 is 5.32 Å². The zero-order chi connectivity index (χ0) is 12.6. The molecule has 1 heterocycles. The Kier molecular flexibility index (Phi) is 4.01. The Morgan fingerprint density at radius 2 is 2.24 bits per heavy atom. The van der Waals surface area contributed by atoms with Gasteiger partial charge in [0.25, 0.3) is 0 Å². The number of thiophene rings is 1. The van der Waals surface area contributed by atoms with Gasteiger partial charge in [-0.15, -0.1) is 11.3 Å². The summed E-state index contributed by atoms with van der Waals surface area (Å²) < 4.78 is 1.26. The Balaban J connectivity index is 2.18. The van der Waals surface area contributed by atoms with Crippen LogP contribution in [0.5, 0.6) is 0 Å². The van der Waals surface area contributed by atoms with E-state index in [1.54, 1.807) is 0 Å². The second kappa shape index (κ2) is 5.02. The Bertz CT molecular complexity index is 397. The summed E-state index contributed by atoms with van der Waals surface area (Å²) >= 11 is 5.46. The van der Waals surface area contributed by atoms with E-state index in [0.29, 0.717) is 11.5 Å². The third-order valence-corrected chi connectivity index (χ3v) is 5.44. The summed E-state index contributed by atoms with van der Waals surface area (Å²) in [7, 11) is 0. The second-order valence-electron chi connectivity index (χ2n) is 5.79. The van der Waals surface area contributed by atoms with Gasteiger partial charge in [0.15, 0.2) is 0 Å². The fraction of sp³-hybridized carbons (Fsp3) is 0.714. The van der Waals surface area contributed by atoms with Crippen molar-refractivity contribution in [1.82, 2.24) is 5.32 Å². The van der Waals surface area contributed by atoms with E-state index in [-0.39, 0.29) is 0 Å². The first-order valence-electron chi connectivity index (χ1n) is 6.45. The first-order valence-corrected chi connectivity index (χ1v) is 8.06. The van der Waals surface area contributed by atoms with E-state index in [1.807, 2.05) is 11.3 Å². The molecule has 1 N–H and O–H groups in total. The van der Waals surface area contributed by atoms with Gasteiger partial charge in [-0.2, -0.15) is 0 Å². The summed E-state index contributed by atoms with van der Waals surface area (Å²) in [5, 5.41) is 3.74. The second-order valence-corrected chi connectivity index (χ2v) is 8.43. The monoisotopic (exact) mass is 315 g/mol. The smallest absolute Gasteiger partial charge is 0.0704 e. The van der Waals surface area contributed by atoms with E-state index < -0.39 is 0 Å². The first-order chi connectivity index (χ1) is 7.95. The molecule has 1 saturated carbocycles. The molecule has 3 heteroatoms. The van der Waals surface area contributed by atoms with Gasteiger partial charge in [0.1, 0.15) is 0 Å². The molecule has 0 aromatic carbocycles. The predicted octanol–water partition coefficient (Wildman–Crippen LogP) is 4.91. The highest BCUT2D eigenvalue weighted by atomic mass is 79.9. The molecular weight excluding hydrogens is 294 g/mol. The van der Waals surface area contributed by atoms with Crippen LogP contribution in [0, 0.1) is 18.3 Å². The molecule has 2 unspecified atom stereocenters. The molecule has 0 bridgehead atoms. The van der Waals surface area contributed by atoms with Crippen molar-refractivity contribution in [1.29, 1.82) is 0 Å². The molecule has 1 aliphatic rings. The summed E-state index contributed by atoms with van der Waals surface area (Å²) in [6.45, 7) is 10.4. The number of aryl methyl sites for hydroxylation is 1. The molecule has 96 valence electrons. The summed E-state index contributed by atoms with van der Waals surface area (Å²) in [5.41, 5.74) is 2.03.